The number of pyridine rings is 1. The van der Waals surface area contributed by atoms with Crippen LogP contribution in [0.4, 0.5) is 0 Å². The SMILES string of the molecule is CCCN(CC(=O)NC)C(=O)c1ccncc1O. The van der Waals surface area contributed by atoms with E-state index in [-0.39, 0.29) is 29.7 Å². The van der Waals surface area contributed by atoms with Gasteiger partial charge in [0.25, 0.3) is 5.91 Å². The normalized spacial score (nSPS) is 9.89. The molecule has 0 saturated heterocycles. The molecule has 2 amide bonds. The fourth-order valence-corrected chi connectivity index (χ4v) is 1.51. The number of aromatic hydroxyl groups is 1. The van der Waals surface area contributed by atoms with Crippen LogP contribution < -0.4 is 5.32 Å². The third kappa shape index (κ3) is 3.44. The minimum absolute atomic E-state index is 0.0229. The van der Waals surface area contributed by atoms with Crippen LogP contribution in [-0.2, 0) is 4.79 Å². The van der Waals surface area contributed by atoms with Gasteiger partial charge in [0.1, 0.15) is 5.75 Å². The zero-order chi connectivity index (χ0) is 13.5. The highest BCUT2D eigenvalue weighted by molar-refractivity contribution is 5.98. The van der Waals surface area contributed by atoms with Gasteiger partial charge in [-0.3, -0.25) is 14.6 Å². The largest absolute Gasteiger partial charge is 0.505 e. The number of rotatable bonds is 5. The number of carbonyl (C=O) groups excluding carboxylic acids is 2. The summed E-state index contributed by atoms with van der Waals surface area (Å²) >= 11 is 0. The van der Waals surface area contributed by atoms with E-state index < -0.39 is 0 Å². The summed E-state index contributed by atoms with van der Waals surface area (Å²) in [6.45, 7) is 2.34. The van der Waals surface area contributed by atoms with Crippen molar-refractivity contribution >= 4 is 11.8 Å². The van der Waals surface area contributed by atoms with Crippen LogP contribution in [0.5, 0.6) is 5.75 Å². The lowest BCUT2D eigenvalue weighted by Gasteiger charge is -2.21. The summed E-state index contributed by atoms with van der Waals surface area (Å²) in [6, 6.07) is 1.43. The molecular weight excluding hydrogens is 234 g/mol. The van der Waals surface area contributed by atoms with E-state index in [4.69, 9.17) is 0 Å². The molecule has 0 fully saturated rings. The van der Waals surface area contributed by atoms with Gasteiger partial charge in [0.15, 0.2) is 0 Å². The summed E-state index contributed by atoms with van der Waals surface area (Å²) in [7, 11) is 1.51. The van der Waals surface area contributed by atoms with Gasteiger partial charge < -0.3 is 15.3 Å². The molecular formula is C12H17N3O3. The molecule has 6 nitrogen and oxygen atoms in total. The molecule has 2 N–H and O–H groups in total. The summed E-state index contributed by atoms with van der Waals surface area (Å²) in [6.07, 6.45) is 3.36. The summed E-state index contributed by atoms with van der Waals surface area (Å²) in [4.78, 5) is 28.6. The lowest BCUT2D eigenvalue weighted by molar-refractivity contribution is -0.121. The van der Waals surface area contributed by atoms with Crippen LogP contribution in [0.3, 0.4) is 0 Å². The van der Waals surface area contributed by atoms with Gasteiger partial charge in [0.05, 0.1) is 18.3 Å². The molecule has 0 radical (unpaired) electrons. The molecule has 98 valence electrons. The number of likely N-dealkylation sites (N-methyl/N-ethyl adjacent to an activating group) is 1. The molecule has 18 heavy (non-hydrogen) atoms. The molecule has 0 aliphatic rings. The van der Waals surface area contributed by atoms with Gasteiger partial charge >= 0.3 is 0 Å². The highest BCUT2D eigenvalue weighted by atomic mass is 16.3. The molecule has 1 aromatic heterocycles. The van der Waals surface area contributed by atoms with Crippen LogP contribution in [0.15, 0.2) is 18.5 Å². The van der Waals surface area contributed by atoms with Gasteiger partial charge in [-0.15, -0.1) is 0 Å². The zero-order valence-corrected chi connectivity index (χ0v) is 10.5. The van der Waals surface area contributed by atoms with Gasteiger partial charge in [-0.1, -0.05) is 6.92 Å². The Morgan fingerprint density at radius 3 is 2.78 bits per heavy atom. The predicted molar refractivity (Wildman–Crippen MR) is 66.2 cm³/mol. The van der Waals surface area contributed by atoms with E-state index in [9.17, 15) is 14.7 Å². The van der Waals surface area contributed by atoms with E-state index in [2.05, 4.69) is 10.3 Å². The second-order valence-corrected chi connectivity index (χ2v) is 3.79. The fraction of sp³-hybridized carbons (Fsp3) is 0.417. The standard InChI is InChI=1S/C12H17N3O3/c1-3-6-15(8-11(17)13-2)12(18)9-4-5-14-7-10(9)16/h4-5,7,16H,3,6,8H2,1-2H3,(H,13,17). The van der Waals surface area contributed by atoms with E-state index in [0.717, 1.165) is 6.42 Å². The molecule has 1 aromatic rings. The minimum Gasteiger partial charge on any atom is -0.505 e. The molecule has 1 heterocycles. The van der Waals surface area contributed by atoms with E-state index in [1.54, 1.807) is 0 Å². The van der Waals surface area contributed by atoms with Crippen molar-refractivity contribution in [2.75, 3.05) is 20.1 Å². The van der Waals surface area contributed by atoms with Crippen LogP contribution in [0, 0.1) is 0 Å². The maximum Gasteiger partial charge on any atom is 0.258 e. The Bertz CT molecular complexity index is 434. The van der Waals surface area contributed by atoms with Crippen molar-refractivity contribution in [3.63, 3.8) is 0 Å². The van der Waals surface area contributed by atoms with Crippen LogP contribution >= 0.6 is 0 Å². The van der Waals surface area contributed by atoms with Crippen molar-refractivity contribution in [1.29, 1.82) is 0 Å². The van der Waals surface area contributed by atoms with Crippen molar-refractivity contribution in [2.45, 2.75) is 13.3 Å². The van der Waals surface area contributed by atoms with Crippen molar-refractivity contribution < 1.29 is 14.7 Å². The Morgan fingerprint density at radius 1 is 1.50 bits per heavy atom. The monoisotopic (exact) mass is 251 g/mol. The summed E-state index contributed by atoms with van der Waals surface area (Å²) in [5, 5.41) is 12.0. The molecule has 0 unspecified atom stereocenters. The third-order valence-corrected chi connectivity index (χ3v) is 2.42. The molecule has 0 bridgehead atoms. The second-order valence-electron chi connectivity index (χ2n) is 3.79. The van der Waals surface area contributed by atoms with Crippen LogP contribution in [-0.4, -0.2) is 46.9 Å². The van der Waals surface area contributed by atoms with E-state index >= 15 is 0 Å². The molecule has 1 rings (SSSR count). The number of hydrogen-bond donors (Lipinski definition) is 2. The van der Waals surface area contributed by atoms with E-state index in [0.29, 0.717) is 6.54 Å². The molecule has 0 spiro atoms. The van der Waals surface area contributed by atoms with E-state index in [1.165, 1.54) is 30.4 Å². The van der Waals surface area contributed by atoms with Gasteiger partial charge in [0.2, 0.25) is 5.91 Å². The van der Waals surface area contributed by atoms with Crippen molar-refractivity contribution in [1.82, 2.24) is 15.2 Å². The van der Waals surface area contributed by atoms with Gasteiger partial charge in [-0.25, -0.2) is 0 Å². The van der Waals surface area contributed by atoms with Crippen molar-refractivity contribution in [3.05, 3.63) is 24.0 Å². The van der Waals surface area contributed by atoms with Crippen LogP contribution in [0.2, 0.25) is 0 Å². The lowest BCUT2D eigenvalue weighted by Crippen LogP contribution is -2.40. The second kappa shape index (κ2) is 6.58. The lowest BCUT2D eigenvalue weighted by atomic mass is 10.2. The van der Waals surface area contributed by atoms with Crippen LogP contribution in [0.1, 0.15) is 23.7 Å². The van der Waals surface area contributed by atoms with Crippen molar-refractivity contribution in [3.8, 4) is 5.75 Å². The Hall–Kier alpha value is -2.11. The molecule has 6 heteroatoms. The first-order valence-electron chi connectivity index (χ1n) is 5.73. The first-order chi connectivity index (χ1) is 8.60. The van der Waals surface area contributed by atoms with Gasteiger partial charge in [-0.05, 0) is 12.5 Å². The maximum absolute atomic E-state index is 12.2. The molecule has 0 aromatic carbocycles. The number of nitrogens with one attached hydrogen (secondary N) is 1. The van der Waals surface area contributed by atoms with Crippen LogP contribution in [0.25, 0.3) is 0 Å². The number of amides is 2. The average Bonchev–Trinajstić information content (AvgIpc) is 2.38. The topological polar surface area (TPSA) is 82.5 Å². The summed E-state index contributed by atoms with van der Waals surface area (Å²) in [5.74, 6) is -0.800. The van der Waals surface area contributed by atoms with Gasteiger partial charge in [0, 0.05) is 19.8 Å². The van der Waals surface area contributed by atoms with Gasteiger partial charge in [-0.2, -0.15) is 0 Å². The number of nitrogens with zero attached hydrogens (tertiary/aromatic N) is 2. The predicted octanol–water partition coefficient (Wildman–Crippen LogP) is 0.385. The molecule has 0 saturated carbocycles. The number of carbonyl (C=O) groups is 2. The highest BCUT2D eigenvalue weighted by Gasteiger charge is 2.20. The van der Waals surface area contributed by atoms with Crippen molar-refractivity contribution in [2.24, 2.45) is 0 Å². The first kappa shape index (κ1) is 14.0. The molecule has 0 aliphatic heterocycles. The Labute approximate surface area is 106 Å². The Morgan fingerprint density at radius 2 is 2.22 bits per heavy atom. The molecule has 0 atom stereocenters. The summed E-state index contributed by atoms with van der Waals surface area (Å²) in [5.41, 5.74) is 0.155. The number of aromatic nitrogens is 1. The quantitative estimate of drug-likeness (QED) is 0.792. The highest BCUT2D eigenvalue weighted by Crippen LogP contribution is 2.16. The first-order valence-corrected chi connectivity index (χ1v) is 5.73. The molecule has 0 aliphatic carbocycles. The minimum atomic E-state index is -0.375. The summed E-state index contributed by atoms with van der Waals surface area (Å²) < 4.78 is 0. The fourth-order valence-electron chi connectivity index (χ4n) is 1.51. The Balaban J connectivity index is 2.89. The smallest absolute Gasteiger partial charge is 0.258 e. The van der Waals surface area contributed by atoms with E-state index in [1.807, 2.05) is 6.92 Å². The number of hydrogen-bond acceptors (Lipinski definition) is 4. The Kier molecular flexibility index (Phi) is 5.10. The average molecular weight is 251 g/mol. The zero-order valence-electron chi connectivity index (χ0n) is 10.5. The maximum atomic E-state index is 12.2. The third-order valence-electron chi connectivity index (χ3n) is 2.42.